The zero-order valence-corrected chi connectivity index (χ0v) is 15.8. The number of nitriles is 1. The maximum atomic E-state index is 11.5. The van der Waals surface area contributed by atoms with Crippen LogP contribution in [-0.4, -0.2) is 31.6 Å². The van der Waals surface area contributed by atoms with E-state index < -0.39 is 5.97 Å². The second-order valence-corrected chi connectivity index (χ2v) is 6.58. The van der Waals surface area contributed by atoms with Crippen molar-refractivity contribution in [2.75, 3.05) is 5.32 Å². The molecule has 1 amide bonds. The Morgan fingerprint density at radius 1 is 1.10 bits per heavy atom. The van der Waals surface area contributed by atoms with Gasteiger partial charge in [-0.25, -0.2) is 14.3 Å². The Bertz CT molecular complexity index is 1330. The van der Waals surface area contributed by atoms with Gasteiger partial charge in [0.15, 0.2) is 5.65 Å². The molecular weight excluding hydrogens is 382 g/mol. The Balaban J connectivity index is 1.81. The minimum Gasteiger partial charge on any atom is -0.478 e. The maximum absolute atomic E-state index is 11.5. The number of carboxylic acid groups (broad SMARTS) is 1. The molecule has 2 heterocycles. The summed E-state index contributed by atoms with van der Waals surface area (Å²) in [6, 6.07) is 15.6. The highest BCUT2D eigenvalue weighted by Crippen LogP contribution is 2.28. The van der Waals surface area contributed by atoms with E-state index >= 15 is 0 Å². The van der Waals surface area contributed by atoms with Gasteiger partial charge in [-0.2, -0.15) is 10.4 Å². The van der Waals surface area contributed by atoms with Crippen molar-refractivity contribution in [2.45, 2.75) is 6.92 Å². The molecule has 0 saturated carbocycles. The van der Waals surface area contributed by atoms with E-state index in [9.17, 15) is 14.7 Å². The van der Waals surface area contributed by atoms with Gasteiger partial charge in [0.1, 0.15) is 0 Å². The lowest BCUT2D eigenvalue weighted by Crippen LogP contribution is -2.11. The molecule has 0 saturated heterocycles. The number of hydrogen-bond acceptors (Lipinski definition) is 5. The van der Waals surface area contributed by atoms with Crippen LogP contribution in [0.1, 0.15) is 22.8 Å². The van der Waals surface area contributed by atoms with E-state index in [1.165, 1.54) is 13.0 Å². The molecule has 0 aliphatic rings. The lowest BCUT2D eigenvalue weighted by molar-refractivity contribution is -0.114. The predicted octanol–water partition coefficient (Wildman–Crippen LogP) is 3.59. The van der Waals surface area contributed by atoms with Crippen molar-refractivity contribution < 1.29 is 14.7 Å². The van der Waals surface area contributed by atoms with Crippen LogP contribution >= 0.6 is 0 Å². The molecule has 2 aromatic carbocycles. The first-order valence-electron chi connectivity index (χ1n) is 8.96. The molecule has 0 spiro atoms. The number of anilines is 1. The highest BCUT2D eigenvalue weighted by molar-refractivity contribution is 6.00. The first-order valence-corrected chi connectivity index (χ1v) is 8.96. The number of aromatic carboxylic acids is 1. The minimum absolute atomic E-state index is 0.00217. The number of hydrogen-bond donors (Lipinski definition) is 2. The second-order valence-electron chi connectivity index (χ2n) is 6.58. The SMILES string of the molecule is CC(=O)Nc1cc(-c2ccn3ncc(-c4ccc(C#N)cc4)c3n2)ccc1C(=O)O. The van der Waals surface area contributed by atoms with Crippen molar-refractivity contribution in [1.29, 1.82) is 5.26 Å². The average Bonchev–Trinajstić information content (AvgIpc) is 3.16. The summed E-state index contributed by atoms with van der Waals surface area (Å²) in [5.41, 5.74) is 4.29. The van der Waals surface area contributed by atoms with Crippen molar-refractivity contribution in [2.24, 2.45) is 0 Å². The molecule has 0 unspecified atom stereocenters. The predicted molar refractivity (Wildman–Crippen MR) is 110 cm³/mol. The number of amides is 1. The van der Waals surface area contributed by atoms with Crippen molar-refractivity contribution in [3.05, 3.63) is 72.1 Å². The number of carbonyl (C=O) groups is 2. The first-order chi connectivity index (χ1) is 14.5. The lowest BCUT2D eigenvalue weighted by Gasteiger charge is -2.10. The quantitative estimate of drug-likeness (QED) is 0.543. The van der Waals surface area contributed by atoms with Crippen molar-refractivity contribution in [1.82, 2.24) is 14.6 Å². The van der Waals surface area contributed by atoms with E-state index in [2.05, 4.69) is 16.5 Å². The fourth-order valence-electron chi connectivity index (χ4n) is 3.14. The molecule has 146 valence electrons. The number of carboxylic acids is 1. The summed E-state index contributed by atoms with van der Waals surface area (Å²) in [5.74, 6) is -1.50. The van der Waals surface area contributed by atoms with Gasteiger partial charge in [0.05, 0.1) is 34.8 Å². The highest BCUT2D eigenvalue weighted by Gasteiger charge is 2.15. The van der Waals surface area contributed by atoms with Crippen LogP contribution < -0.4 is 5.32 Å². The molecular formula is C22H15N5O3. The molecule has 0 aliphatic carbocycles. The molecule has 0 radical (unpaired) electrons. The van der Waals surface area contributed by atoms with E-state index in [1.54, 1.807) is 47.2 Å². The molecule has 4 aromatic rings. The zero-order valence-electron chi connectivity index (χ0n) is 15.8. The van der Waals surface area contributed by atoms with Crippen LogP contribution in [-0.2, 0) is 4.79 Å². The smallest absolute Gasteiger partial charge is 0.337 e. The van der Waals surface area contributed by atoms with Gasteiger partial charge in [0, 0.05) is 24.2 Å². The van der Waals surface area contributed by atoms with Crippen LogP contribution in [0.15, 0.2) is 60.9 Å². The third-order valence-electron chi connectivity index (χ3n) is 4.55. The van der Waals surface area contributed by atoms with Gasteiger partial charge in [-0.15, -0.1) is 0 Å². The molecule has 0 bridgehead atoms. The molecule has 4 rings (SSSR count). The molecule has 2 aromatic heterocycles. The number of rotatable bonds is 4. The van der Waals surface area contributed by atoms with E-state index in [4.69, 9.17) is 10.2 Å². The van der Waals surface area contributed by atoms with Gasteiger partial charge < -0.3 is 10.4 Å². The molecule has 30 heavy (non-hydrogen) atoms. The standard InChI is InChI=1S/C22H15N5O3/c1-13(28)25-20-10-16(6-7-17(20)22(29)30)19-8-9-27-21(26-19)18(12-24-27)15-4-2-14(11-23)3-5-15/h2-10,12H,1H3,(H,25,28)(H,29,30). The Hall–Kier alpha value is -4.51. The van der Waals surface area contributed by atoms with E-state index in [0.717, 1.165) is 11.1 Å². The lowest BCUT2D eigenvalue weighted by atomic mass is 10.1. The summed E-state index contributed by atoms with van der Waals surface area (Å²) in [6.07, 6.45) is 3.46. The number of fused-ring (bicyclic) bond motifs is 1. The van der Waals surface area contributed by atoms with Crippen LogP contribution in [0.5, 0.6) is 0 Å². The Kier molecular flexibility index (Phi) is 4.70. The highest BCUT2D eigenvalue weighted by atomic mass is 16.4. The van der Waals surface area contributed by atoms with Gasteiger partial charge >= 0.3 is 5.97 Å². The third-order valence-corrected chi connectivity index (χ3v) is 4.55. The fourth-order valence-corrected chi connectivity index (χ4v) is 3.14. The first kappa shape index (κ1) is 18.8. The van der Waals surface area contributed by atoms with Crippen molar-refractivity contribution in [3.8, 4) is 28.5 Å². The average molecular weight is 397 g/mol. The van der Waals surface area contributed by atoms with Gasteiger partial charge in [-0.05, 0) is 35.9 Å². The fraction of sp³-hybridized carbons (Fsp3) is 0.0455. The largest absolute Gasteiger partial charge is 0.478 e. The Morgan fingerprint density at radius 2 is 1.83 bits per heavy atom. The summed E-state index contributed by atoms with van der Waals surface area (Å²) < 4.78 is 1.64. The Morgan fingerprint density at radius 3 is 2.50 bits per heavy atom. The summed E-state index contributed by atoms with van der Waals surface area (Å²) in [4.78, 5) is 27.6. The van der Waals surface area contributed by atoms with Crippen molar-refractivity contribution >= 4 is 23.2 Å². The summed E-state index contributed by atoms with van der Waals surface area (Å²) in [5, 5.41) is 25.2. The van der Waals surface area contributed by atoms with Crippen molar-refractivity contribution in [3.63, 3.8) is 0 Å². The number of aromatic nitrogens is 3. The van der Waals surface area contributed by atoms with E-state index in [1.807, 2.05) is 12.1 Å². The minimum atomic E-state index is -1.13. The number of carbonyl (C=O) groups excluding carboxylic acids is 1. The van der Waals surface area contributed by atoms with E-state index in [0.29, 0.717) is 22.5 Å². The molecule has 0 atom stereocenters. The van der Waals surface area contributed by atoms with Gasteiger partial charge in [0.25, 0.3) is 0 Å². The Labute approximate surface area is 171 Å². The zero-order chi connectivity index (χ0) is 21.3. The normalized spacial score (nSPS) is 10.5. The van der Waals surface area contributed by atoms with Crippen LogP contribution in [0.25, 0.3) is 28.0 Å². The topological polar surface area (TPSA) is 120 Å². The third kappa shape index (κ3) is 3.47. The maximum Gasteiger partial charge on any atom is 0.337 e. The van der Waals surface area contributed by atoms with E-state index in [-0.39, 0.29) is 17.2 Å². The molecule has 0 fully saturated rings. The summed E-state index contributed by atoms with van der Waals surface area (Å²) >= 11 is 0. The summed E-state index contributed by atoms with van der Waals surface area (Å²) in [6.45, 7) is 1.32. The molecule has 0 aliphatic heterocycles. The molecule has 8 nitrogen and oxygen atoms in total. The summed E-state index contributed by atoms with van der Waals surface area (Å²) in [7, 11) is 0. The number of benzene rings is 2. The van der Waals surface area contributed by atoms with Gasteiger partial charge in [0.2, 0.25) is 5.91 Å². The van der Waals surface area contributed by atoms with Crippen LogP contribution in [0.2, 0.25) is 0 Å². The number of nitrogens with one attached hydrogen (secondary N) is 1. The van der Waals surface area contributed by atoms with Gasteiger partial charge in [-0.3, -0.25) is 4.79 Å². The monoisotopic (exact) mass is 397 g/mol. The second kappa shape index (κ2) is 7.48. The molecule has 2 N–H and O–H groups in total. The van der Waals surface area contributed by atoms with Crippen LogP contribution in [0.4, 0.5) is 5.69 Å². The molecule has 8 heteroatoms. The van der Waals surface area contributed by atoms with Crippen LogP contribution in [0, 0.1) is 11.3 Å². The van der Waals surface area contributed by atoms with Crippen LogP contribution in [0.3, 0.4) is 0 Å². The number of nitrogens with zero attached hydrogens (tertiary/aromatic N) is 4. The van der Waals surface area contributed by atoms with Gasteiger partial charge in [-0.1, -0.05) is 18.2 Å².